The molecule has 0 N–H and O–H groups in total. The lowest BCUT2D eigenvalue weighted by Gasteiger charge is -2.20. The summed E-state index contributed by atoms with van der Waals surface area (Å²) in [5.41, 5.74) is -4.86. The summed E-state index contributed by atoms with van der Waals surface area (Å²) < 4.78 is 56.6. The molecule has 0 bridgehead atoms. The van der Waals surface area contributed by atoms with E-state index in [-0.39, 0.29) is 13.1 Å². The lowest BCUT2D eigenvalue weighted by molar-refractivity contribution is -0.384. The van der Waals surface area contributed by atoms with Crippen LogP contribution in [0.2, 0.25) is 5.02 Å². The zero-order valence-electron chi connectivity index (χ0n) is 12.4. The summed E-state index contributed by atoms with van der Waals surface area (Å²) >= 11 is 5.56. The smallest absolute Gasteiger partial charge is 0.277 e. The molecule has 0 radical (unpaired) electrons. The van der Waals surface area contributed by atoms with Crippen LogP contribution in [0.4, 0.5) is 23.2 Å². The maximum Gasteiger partial charge on any atom is 0.433 e. The van der Waals surface area contributed by atoms with E-state index in [0.29, 0.717) is 25.0 Å². The molecule has 1 aromatic carbocycles. The fourth-order valence-corrected chi connectivity index (χ4v) is 3.19. The molecule has 0 saturated heterocycles. The number of hydrogen-bond acceptors (Lipinski definition) is 3. The minimum Gasteiger partial charge on any atom is -0.277 e. The lowest BCUT2D eigenvalue weighted by atomic mass is 10.0. The van der Waals surface area contributed by atoms with Crippen molar-refractivity contribution in [3.63, 3.8) is 0 Å². The van der Waals surface area contributed by atoms with E-state index < -0.39 is 50.0 Å². The number of nitrogens with zero attached hydrogens (tertiary/aromatic N) is 3. The first kappa shape index (κ1) is 17.5. The molecule has 0 aliphatic carbocycles. The highest BCUT2D eigenvalue weighted by Crippen LogP contribution is 2.40. The summed E-state index contributed by atoms with van der Waals surface area (Å²) in [4.78, 5) is 22.5. The summed E-state index contributed by atoms with van der Waals surface area (Å²) in [6.45, 7) is 0.000596. The van der Waals surface area contributed by atoms with Crippen molar-refractivity contribution in [2.24, 2.45) is 0 Å². The summed E-state index contributed by atoms with van der Waals surface area (Å²) in [6, 6.07) is 1.10. The van der Waals surface area contributed by atoms with Crippen molar-refractivity contribution in [3.05, 3.63) is 49.1 Å². The molecule has 0 fully saturated rings. The maximum atomic E-state index is 14.3. The summed E-state index contributed by atoms with van der Waals surface area (Å²) in [5.74, 6) is -1.23. The zero-order chi connectivity index (χ0) is 18.5. The standard InChI is InChI=1S/C14H10ClF4N3O3/c15-8-6-9(16)7(5-10(8)22(24)25)11-12(14(17,18)19)20-3-1-2-4-21(20)13(11)23/h5-6H,1-4H2. The Hall–Kier alpha value is -2.36. The van der Waals surface area contributed by atoms with Crippen molar-refractivity contribution in [1.82, 2.24) is 9.36 Å². The summed E-state index contributed by atoms with van der Waals surface area (Å²) in [6.07, 6.45) is -4.00. The molecule has 6 nitrogen and oxygen atoms in total. The molecule has 0 amide bonds. The molecule has 0 atom stereocenters. The van der Waals surface area contributed by atoms with E-state index in [1.807, 2.05) is 0 Å². The van der Waals surface area contributed by atoms with Crippen LogP contribution in [0.5, 0.6) is 0 Å². The first-order valence-corrected chi connectivity index (χ1v) is 7.55. The number of benzene rings is 1. The Labute approximate surface area is 142 Å². The van der Waals surface area contributed by atoms with Gasteiger partial charge in [0.1, 0.15) is 10.8 Å². The topological polar surface area (TPSA) is 70.1 Å². The Morgan fingerprint density at radius 1 is 1.16 bits per heavy atom. The van der Waals surface area contributed by atoms with Crippen LogP contribution in [0.15, 0.2) is 16.9 Å². The largest absolute Gasteiger partial charge is 0.433 e. The van der Waals surface area contributed by atoms with E-state index in [0.717, 1.165) is 9.36 Å². The van der Waals surface area contributed by atoms with Gasteiger partial charge >= 0.3 is 6.18 Å². The van der Waals surface area contributed by atoms with Crippen LogP contribution in [0.25, 0.3) is 11.1 Å². The molecule has 0 spiro atoms. The number of alkyl halides is 3. The molecular weight excluding hydrogens is 370 g/mol. The second kappa shape index (κ2) is 5.87. The predicted octanol–water partition coefficient (Wildman–Crippen LogP) is 3.83. The first-order chi connectivity index (χ1) is 11.6. The van der Waals surface area contributed by atoms with Gasteiger partial charge < -0.3 is 0 Å². The molecule has 134 valence electrons. The molecule has 3 rings (SSSR count). The van der Waals surface area contributed by atoms with Gasteiger partial charge in [0.25, 0.3) is 11.2 Å². The Kier molecular flexibility index (Phi) is 4.10. The minimum atomic E-state index is -4.93. The van der Waals surface area contributed by atoms with Gasteiger partial charge in [0.15, 0.2) is 5.69 Å². The molecule has 1 aliphatic rings. The maximum absolute atomic E-state index is 14.3. The highest BCUT2D eigenvalue weighted by molar-refractivity contribution is 6.32. The minimum absolute atomic E-state index is 0.0542. The third-order valence-corrected chi connectivity index (χ3v) is 4.30. The van der Waals surface area contributed by atoms with Crippen molar-refractivity contribution < 1.29 is 22.5 Å². The summed E-state index contributed by atoms with van der Waals surface area (Å²) in [7, 11) is 0. The molecule has 0 saturated carbocycles. The summed E-state index contributed by atoms with van der Waals surface area (Å²) in [5, 5.41) is 10.4. The van der Waals surface area contributed by atoms with Gasteiger partial charge in [0.2, 0.25) is 0 Å². The number of nitro groups is 1. The van der Waals surface area contributed by atoms with E-state index >= 15 is 0 Å². The number of hydrogen-bond donors (Lipinski definition) is 0. The Morgan fingerprint density at radius 3 is 2.32 bits per heavy atom. The second-order valence-corrected chi connectivity index (χ2v) is 5.93. The average molecular weight is 380 g/mol. The van der Waals surface area contributed by atoms with Gasteiger partial charge in [-0.3, -0.25) is 19.6 Å². The van der Waals surface area contributed by atoms with Gasteiger partial charge in [0.05, 0.1) is 10.5 Å². The van der Waals surface area contributed by atoms with Gasteiger partial charge in [0, 0.05) is 30.8 Å². The molecule has 2 heterocycles. The van der Waals surface area contributed by atoms with Gasteiger partial charge in [-0.15, -0.1) is 0 Å². The Bertz CT molecular complexity index is 933. The molecule has 1 aromatic heterocycles. The molecular formula is C14H10ClF4N3O3. The van der Waals surface area contributed by atoms with Crippen LogP contribution < -0.4 is 5.56 Å². The third kappa shape index (κ3) is 2.80. The molecule has 25 heavy (non-hydrogen) atoms. The number of rotatable bonds is 2. The first-order valence-electron chi connectivity index (χ1n) is 7.17. The van der Waals surface area contributed by atoms with Crippen molar-refractivity contribution >= 4 is 17.3 Å². The number of fused-ring (bicyclic) bond motifs is 1. The quantitative estimate of drug-likeness (QED) is 0.452. The van der Waals surface area contributed by atoms with Crippen molar-refractivity contribution in [2.45, 2.75) is 32.1 Å². The second-order valence-electron chi connectivity index (χ2n) is 5.52. The Morgan fingerprint density at radius 2 is 1.76 bits per heavy atom. The van der Waals surface area contributed by atoms with E-state index in [1.165, 1.54) is 0 Å². The van der Waals surface area contributed by atoms with Gasteiger partial charge in [-0.05, 0) is 12.8 Å². The fourth-order valence-electron chi connectivity index (χ4n) is 2.97. The lowest BCUT2D eigenvalue weighted by Crippen LogP contribution is -2.28. The van der Waals surface area contributed by atoms with Gasteiger partial charge in [-0.2, -0.15) is 13.2 Å². The SMILES string of the molecule is O=c1c(-c2cc([N+](=O)[O-])c(Cl)cc2F)c(C(F)(F)F)n2n1CCCC2. The van der Waals surface area contributed by atoms with Crippen molar-refractivity contribution in [1.29, 1.82) is 0 Å². The Balaban J connectivity index is 2.39. The normalized spacial score (nSPS) is 14.4. The third-order valence-electron chi connectivity index (χ3n) is 4.00. The molecule has 2 aromatic rings. The molecule has 11 heteroatoms. The monoisotopic (exact) mass is 379 g/mol. The van der Waals surface area contributed by atoms with E-state index in [9.17, 15) is 32.5 Å². The van der Waals surface area contributed by atoms with Crippen LogP contribution in [-0.4, -0.2) is 14.3 Å². The predicted molar refractivity (Wildman–Crippen MR) is 80.0 cm³/mol. The van der Waals surface area contributed by atoms with Crippen LogP contribution in [-0.2, 0) is 19.3 Å². The van der Waals surface area contributed by atoms with E-state index in [4.69, 9.17) is 11.6 Å². The van der Waals surface area contributed by atoms with Crippen LogP contribution in [0.1, 0.15) is 18.5 Å². The van der Waals surface area contributed by atoms with E-state index in [1.54, 1.807) is 0 Å². The van der Waals surface area contributed by atoms with Crippen LogP contribution >= 0.6 is 11.6 Å². The van der Waals surface area contributed by atoms with Gasteiger partial charge in [-0.25, -0.2) is 9.07 Å². The van der Waals surface area contributed by atoms with Crippen LogP contribution in [0.3, 0.4) is 0 Å². The molecule has 1 aliphatic heterocycles. The number of halogens is 5. The van der Waals surface area contributed by atoms with Crippen molar-refractivity contribution in [3.8, 4) is 11.1 Å². The van der Waals surface area contributed by atoms with E-state index in [2.05, 4.69) is 0 Å². The van der Waals surface area contributed by atoms with Crippen molar-refractivity contribution in [2.75, 3.05) is 0 Å². The molecule has 0 unspecified atom stereocenters. The highest BCUT2D eigenvalue weighted by Gasteiger charge is 2.42. The fraction of sp³-hybridized carbons (Fsp3) is 0.357. The number of nitro benzene ring substituents is 1. The highest BCUT2D eigenvalue weighted by atomic mass is 35.5. The van der Waals surface area contributed by atoms with Crippen LogP contribution in [0, 0.1) is 15.9 Å². The number of aromatic nitrogens is 2. The van der Waals surface area contributed by atoms with Gasteiger partial charge in [-0.1, -0.05) is 11.6 Å². The zero-order valence-corrected chi connectivity index (χ0v) is 13.2. The average Bonchev–Trinajstić information content (AvgIpc) is 2.80.